The number of hydrogen-bond donors (Lipinski definition) is 1. The Morgan fingerprint density at radius 2 is 1.61 bits per heavy atom. The molecule has 0 saturated heterocycles. The van der Waals surface area contributed by atoms with Crippen molar-refractivity contribution in [2.45, 2.75) is 38.8 Å². The van der Waals surface area contributed by atoms with Gasteiger partial charge in [-0.1, -0.05) is 42.5 Å². The number of nitrogens with one attached hydrogen (secondary N) is 1. The van der Waals surface area contributed by atoms with Crippen LogP contribution in [0, 0.1) is 0 Å². The number of amides is 1. The summed E-state index contributed by atoms with van der Waals surface area (Å²) in [5, 5.41) is 11.7. The van der Waals surface area contributed by atoms with E-state index in [2.05, 4.69) is 21.6 Å². The Labute approximate surface area is 193 Å². The van der Waals surface area contributed by atoms with E-state index in [9.17, 15) is 9.59 Å². The fourth-order valence-electron chi connectivity index (χ4n) is 3.88. The van der Waals surface area contributed by atoms with Crippen LogP contribution in [-0.4, -0.2) is 29.0 Å². The highest BCUT2D eigenvalue weighted by atomic mass is 16.2. The van der Waals surface area contributed by atoms with Crippen molar-refractivity contribution in [2.24, 2.45) is 15.2 Å². The van der Waals surface area contributed by atoms with Crippen LogP contribution < -0.4 is 5.32 Å². The molecule has 33 heavy (non-hydrogen) atoms. The number of carbonyl (C=O) groups excluding carboxylic acids is 2. The fourth-order valence-corrected chi connectivity index (χ4v) is 3.88. The minimum Gasteiger partial charge on any atom is -0.324 e. The standard InChI is InChI=1S/C27H26N4O2/c1-18(32)19-13-15-22(16-14-19)30-31-25(26(33)28-21-10-5-4-6-11-21)24-23-12-8-7-9-20(23)17-27(2,3)29-24/h4-16,25H,17H2,1-3H3,(H,28,33). The van der Waals surface area contributed by atoms with Gasteiger partial charge in [-0.25, -0.2) is 0 Å². The van der Waals surface area contributed by atoms with Crippen LogP contribution in [0.4, 0.5) is 11.4 Å². The minimum absolute atomic E-state index is 0.0194. The summed E-state index contributed by atoms with van der Waals surface area (Å²) in [6.07, 6.45) is 0.781. The lowest BCUT2D eigenvalue weighted by molar-refractivity contribution is -0.116. The molecule has 0 saturated carbocycles. The number of aliphatic imine (C=N–C) groups is 1. The molecule has 6 nitrogen and oxygen atoms in total. The van der Waals surface area contributed by atoms with Crippen LogP contribution in [-0.2, 0) is 11.2 Å². The van der Waals surface area contributed by atoms with Crippen LogP contribution in [0.15, 0.2) is 94.1 Å². The molecule has 3 aromatic rings. The Morgan fingerprint density at radius 1 is 0.939 bits per heavy atom. The first-order chi connectivity index (χ1) is 15.8. The number of ketones is 1. The number of fused-ring (bicyclic) bond motifs is 1. The van der Waals surface area contributed by atoms with Gasteiger partial charge in [0, 0.05) is 16.8 Å². The van der Waals surface area contributed by atoms with Crippen LogP contribution >= 0.6 is 0 Å². The Kier molecular flexibility index (Phi) is 6.27. The molecule has 1 amide bonds. The Hall–Kier alpha value is -3.93. The molecule has 3 aromatic carbocycles. The average Bonchev–Trinajstić information content (AvgIpc) is 2.79. The average molecular weight is 439 g/mol. The van der Waals surface area contributed by atoms with Gasteiger partial charge in [0.2, 0.25) is 0 Å². The van der Waals surface area contributed by atoms with Crippen molar-refractivity contribution >= 4 is 28.8 Å². The normalized spacial score (nSPS) is 15.4. The maximum atomic E-state index is 13.4. The topological polar surface area (TPSA) is 83.2 Å². The molecular formula is C27H26N4O2. The summed E-state index contributed by atoms with van der Waals surface area (Å²) in [5.74, 6) is -0.328. The van der Waals surface area contributed by atoms with Crippen molar-refractivity contribution < 1.29 is 9.59 Å². The number of carbonyl (C=O) groups is 2. The summed E-state index contributed by atoms with van der Waals surface area (Å²) >= 11 is 0. The molecule has 6 heteroatoms. The van der Waals surface area contributed by atoms with Gasteiger partial charge in [0.15, 0.2) is 11.8 Å². The van der Waals surface area contributed by atoms with Crippen molar-refractivity contribution in [1.82, 2.24) is 0 Å². The summed E-state index contributed by atoms with van der Waals surface area (Å²) in [7, 11) is 0. The molecule has 1 aliphatic rings. The van der Waals surface area contributed by atoms with E-state index in [0.717, 1.165) is 17.5 Å². The lowest BCUT2D eigenvalue weighted by Crippen LogP contribution is -2.39. The molecule has 1 atom stereocenters. The van der Waals surface area contributed by atoms with E-state index in [0.29, 0.717) is 22.6 Å². The Balaban J connectivity index is 1.73. The summed E-state index contributed by atoms with van der Waals surface area (Å²) in [6, 6.07) is 23.1. The van der Waals surface area contributed by atoms with Gasteiger partial charge in [0.1, 0.15) is 0 Å². The number of benzene rings is 3. The van der Waals surface area contributed by atoms with E-state index < -0.39 is 6.04 Å². The van der Waals surface area contributed by atoms with Gasteiger partial charge in [-0.15, -0.1) is 0 Å². The number of hydrogen-bond acceptors (Lipinski definition) is 5. The summed E-state index contributed by atoms with van der Waals surface area (Å²) in [6.45, 7) is 5.61. The summed E-state index contributed by atoms with van der Waals surface area (Å²) in [4.78, 5) is 29.9. The monoisotopic (exact) mass is 438 g/mol. The molecule has 0 radical (unpaired) electrons. The number of azo groups is 1. The van der Waals surface area contributed by atoms with Crippen LogP contribution in [0.2, 0.25) is 0 Å². The van der Waals surface area contributed by atoms with E-state index in [4.69, 9.17) is 4.99 Å². The second kappa shape index (κ2) is 9.28. The molecule has 0 bridgehead atoms. The molecule has 1 aliphatic heterocycles. The molecule has 1 heterocycles. The summed E-state index contributed by atoms with van der Waals surface area (Å²) in [5.41, 5.74) is 4.10. The molecule has 0 fully saturated rings. The van der Waals surface area contributed by atoms with Gasteiger partial charge < -0.3 is 5.32 Å². The third kappa shape index (κ3) is 5.29. The molecule has 1 unspecified atom stereocenters. The number of Topliss-reactive ketones (excluding diaryl/α,β-unsaturated/α-hetero) is 1. The van der Waals surface area contributed by atoms with Crippen molar-refractivity contribution in [2.75, 3.05) is 5.32 Å². The molecule has 1 N–H and O–H groups in total. The lowest BCUT2D eigenvalue weighted by atomic mass is 9.85. The van der Waals surface area contributed by atoms with Crippen molar-refractivity contribution in [3.63, 3.8) is 0 Å². The molecule has 0 aromatic heterocycles. The van der Waals surface area contributed by atoms with Crippen molar-refractivity contribution in [1.29, 1.82) is 0 Å². The zero-order chi connectivity index (χ0) is 23.4. The van der Waals surface area contributed by atoms with E-state index in [1.807, 2.05) is 62.4 Å². The number of anilines is 1. The molecule has 0 spiro atoms. The maximum absolute atomic E-state index is 13.4. The quantitative estimate of drug-likeness (QED) is 0.389. The second-order valence-electron chi connectivity index (χ2n) is 8.72. The lowest BCUT2D eigenvalue weighted by Gasteiger charge is -2.30. The first-order valence-electron chi connectivity index (χ1n) is 10.9. The van der Waals surface area contributed by atoms with Gasteiger partial charge in [-0.2, -0.15) is 10.2 Å². The number of para-hydroxylation sites is 1. The highest BCUT2D eigenvalue weighted by Crippen LogP contribution is 2.29. The largest absolute Gasteiger partial charge is 0.324 e. The number of rotatable bonds is 6. The third-order valence-corrected chi connectivity index (χ3v) is 5.45. The van der Waals surface area contributed by atoms with Crippen LogP contribution in [0.25, 0.3) is 0 Å². The van der Waals surface area contributed by atoms with Gasteiger partial charge in [-0.3, -0.25) is 14.6 Å². The predicted octanol–water partition coefficient (Wildman–Crippen LogP) is 5.80. The van der Waals surface area contributed by atoms with Gasteiger partial charge >= 0.3 is 0 Å². The van der Waals surface area contributed by atoms with Crippen LogP contribution in [0.3, 0.4) is 0 Å². The predicted molar refractivity (Wildman–Crippen MR) is 131 cm³/mol. The zero-order valence-corrected chi connectivity index (χ0v) is 18.9. The van der Waals surface area contributed by atoms with E-state index in [-0.39, 0.29) is 17.2 Å². The number of nitrogens with zero attached hydrogens (tertiary/aromatic N) is 3. The molecule has 0 aliphatic carbocycles. The van der Waals surface area contributed by atoms with E-state index in [1.165, 1.54) is 6.92 Å². The fraction of sp³-hybridized carbons (Fsp3) is 0.222. The van der Waals surface area contributed by atoms with Crippen LogP contribution in [0.5, 0.6) is 0 Å². The third-order valence-electron chi connectivity index (χ3n) is 5.45. The van der Waals surface area contributed by atoms with Crippen molar-refractivity contribution in [3.05, 3.63) is 95.6 Å². The Bertz CT molecular complexity index is 1230. The molecular weight excluding hydrogens is 412 g/mol. The summed E-state index contributed by atoms with van der Waals surface area (Å²) < 4.78 is 0. The van der Waals surface area contributed by atoms with Crippen molar-refractivity contribution in [3.8, 4) is 0 Å². The van der Waals surface area contributed by atoms with E-state index in [1.54, 1.807) is 24.3 Å². The first kappa shape index (κ1) is 22.3. The SMILES string of the molecule is CC(=O)c1ccc(N=NC(C(=O)Nc2ccccc2)C2=NC(C)(C)Cc3ccccc32)cc1. The first-order valence-corrected chi connectivity index (χ1v) is 10.9. The second-order valence-corrected chi connectivity index (χ2v) is 8.72. The van der Waals surface area contributed by atoms with E-state index >= 15 is 0 Å². The minimum atomic E-state index is -0.932. The Morgan fingerprint density at radius 3 is 2.30 bits per heavy atom. The van der Waals surface area contributed by atoms with Gasteiger partial charge in [-0.05, 0) is 69.2 Å². The van der Waals surface area contributed by atoms with Crippen LogP contribution in [0.1, 0.15) is 42.3 Å². The zero-order valence-electron chi connectivity index (χ0n) is 18.9. The highest BCUT2D eigenvalue weighted by molar-refractivity contribution is 6.20. The molecule has 4 rings (SSSR count). The van der Waals surface area contributed by atoms with Gasteiger partial charge in [0.05, 0.1) is 16.9 Å². The highest BCUT2D eigenvalue weighted by Gasteiger charge is 2.34. The molecule has 166 valence electrons. The smallest absolute Gasteiger partial charge is 0.257 e. The van der Waals surface area contributed by atoms with Gasteiger partial charge in [0.25, 0.3) is 5.91 Å². The maximum Gasteiger partial charge on any atom is 0.257 e.